The molecule has 376 valence electrons. The molecule has 0 saturated carbocycles. The van der Waals surface area contributed by atoms with Gasteiger partial charge in [0.05, 0.1) is 33.7 Å². The van der Waals surface area contributed by atoms with Crippen molar-refractivity contribution in [2.75, 3.05) is 47.3 Å². The van der Waals surface area contributed by atoms with E-state index in [1.165, 1.54) is 38.7 Å². The van der Waals surface area contributed by atoms with Crippen molar-refractivity contribution in [3.63, 3.8) is 0 Å². The Bertz CT molecular complexity index is 2290. The van der Waals surface area contributed by atoms with Gasteiger partial charge in [0.15, 0.2) is 0 Å². The molecule has 0 amide bonds. The molecule has 0 aromatic heterocycles. The summed E-state index contributed by atoms with van der Waals surface area (Å²) in [7, 11) is 2.29. The Hall–Kier alpha value is -7.29. The van der Waals surface area contributed by atoms with Gasteiger partial charge in [0.1, 0.15) is 43.3 Å². The summed E-state index contributed by atoms with van der Waals surface area (Å²) in [5, 5.41) is 0. The van der Waals surface area contributed by atoms with Crippen LogP contribution >= 0.6 is 0 Å². The van der Waals surface area contributed by atoms with Crippen LogP contribution in [0, 0.1) is 5.41 Å². The molecule has 3 aromatic rings. The molecule has 70 heavy (non-hydrogen) atoms. The largest absolute Gasteiger partial charge is 0.492 e. The molecule has 0 saturated heterocycles. The Morgan fingerprint density at radius 3 is 1.57 bits per heavy atom. The summed E-state index contributed by atoms with van der Waals surface area (Å²) in [6.07, 6.45) is 6.35. The lowest BCUT2D eigenvalue weighted by Crippen LogP contribution is -2.44. The van der Waals surface area contributed by atoms with E-state index in [0.717, 1.165) is 43.8 Å². The van der Waals surface area contributed by atoms with Gasteiger partial charge < -0.3 is 37.9 Å². The molecule has 0 N–H and O–H groups in total. The first-order valence-corrected chi connectivity index (χ1v) is 23.0. The third-order valence-electron chi connectivity index (χ3n) is 10.8. The SMILES string of the molecule is C=C(C)C(=O)OCCCc1cc(-c2ccc(OC(=O)CCc3ccc(CCCCCC)cc3)cc2)ccc1OCC(COC(=O)C(=C)C)(COC(=O)C(=C)CC(=O)OC)COC(=O)C(=C)CC(=O)OC. The fourth-order valence-corrected chi connectivity index (χ4v) is 6.52. The third kappa shape index (κ3) is 20.1. The van der Waals surface area contributed by atoms with Gasteiger partial charge in [0, 0.05) is 28.7 Å². The Labute approximate surface area is 410 Å². The van der Waals surface area contributed by atoms with Crippen molar-refractivity contribution < 1.29 is 71.5 Å². The molecular formula is C55H66O15. The third-order valence-corrected chi connectivity index (χ3v) is 10.8. The molecule has 0 aliphatic carbocycles. The lowest BCUT2D eigenvalue weighted by molar-refractivity contribution is -0.161. The van der Waals surface area contributed by atoms with Gasteiger partial charge in [-0.3, -0.25) is 14.4 Å². The summed E-state index contributed by atoms with van der Waals surface area (Å²) in [5.41, 5.74) is 2.68. The number of benzene rings is 3. The van der Waals surface area contributed by atoms with Crippen LogP contribution in [0.4, 0.5) is 0 Å². The monoisotopic (exact) mass is 966 g/mol. The predicted molar refractivity (Wildman–Crippen MR) is 261 cm³/mol. The number of esters is 7. The van der Waals surface area contributed by atoms with E-state index < -0.39 is 80.5 Å². The van der Waals surface area contributed by atoms with Crippen LogP contribution in [0.25, 0.3) is 11.1 Å². The normalized spacial score (nSPS) is 10.8. The van der Waals surface area contributed by atoms with E-state index in [0.29, 0.717) is 36.3 Å². The second-order valence-corrected chi connectivity index (χ2v) is 17.0. The van der Waals surface area contributed by atoms with Crippen molar-refractivity contribution in [3.05, 3.63) is 132 Å². The van der Waals surface area contributed by atoms with Crippen molar-refractivity contribution in [1.29, 1.82) is 0 Å². The minimum absolute atomic E-state index is 0.0443. The second kappa shape index (κ2) is 29.6. The number of hydrogen-bond acceptors (Lipinski definition) is 15. The number of carbonyl (C=O) groups is 7. The average Bonchev–Trinajstić information content (AvgIpc) is 3.35. The van der Waals surface area contributed by atoms with Crippen LogP contribution in [0.2, 0.25) is 0 Å². The Balaban J connectivity index is 1.91. The molecule has 3 rings (SSSR count). The number of unbranched alkanes of at least 4 members (excludes halogenated alkanes) is 3. The highest BCUT2D eigenvalue weighted by Crippen LogP contribution is 2.32. The quantitative estimate of drug-likeness (QED) is 0.0195. The van der Waals surface area contributed by atoms with Crippen LogP contribution in [-0.2, 0) is 81.2 Å². The molecule has 0 spiro atoms. The molecule has 0 fully saturated rings. The molecule has 0 bridgehead atoms. The van der Waals surface area contributed by atoms with Crippen molar-refractivity contribution in [2.45, 2.75) is 91.4 Å². The summed E-state index contributed by atoms with van der Waals surface area (Å²) < 4.78 is 43.4. The first-order chi connectivity index (χ1) is 33.4. The van der Waals surface area contributed by atoms with Gasteiger partial charge in [-0.25, -0.2) is 19.2 Å². The zero-order valence-corrected chi connectivity index (χ0v) is 41.1. The maximum Gasteiger partial charge on any atom is 0.334 e. The lowest BCUT2D eigenvalue weighted by atomic mass is 9.91. The maximum absolute atomic E-state index is 13.1. The summed E-state index contributed by atoms with van der Waals surface area (Å²) in [6, 6.07) is 20.7. The van der Waals surface area contributed by atoms with E-state index in [4.69, 9.17) is 28.4 Å². The van der Waals surface area contributed by atoms with Crippen molar-refractivity contribution in [3.8, 4) is 22.6 Å². The van der Waals surface area contributed by atoms with Crippen LogP contribution in [0.15, 0.2) is 115 Å². The Morgan fingerprint density at radius 2 is 1.04 bits per heavy atom. The summed E-state index contributed by atoms with van der Waals surface area (Å²) >= 11 is 0. The van der Waals surface area contributed by atoms with Crippen LogP contribution in [0.1, 0.15) is 88.8 Å². The highest BCUT2D eigenvalue weighted by atomic mass is 16.6. The maximum atomic E-state index is 13.1. The molecule has 0 unspecified atom stereocenters. The smallest absolute Gasteiger partial charge is 0.334 e. The number of hydrogen-bond donors (Lipinski definition) is 0. The highest BCUT2D eigenvalue weighted by Gasteiger charge is 2.38. The molecule has 15 heteroatoms. The lowest BCUT2D eigenvalue weighted by Gasteiger charge is -2.32. The molecule has 15 nitrogen and oxygen atoms in total. The van der Waals surface area contributed by atoms with E-state index in [1.807, 2.05) is 18.2 Å². The summed E-state index contributed by atoms with van der Waals surface area (Å²) in [6.45, 7) is 17.5. The molecule has 0 radical (unpaired) electrons. The summed E-state index contributed by atoms with van der Waals surface area (Å²) in [4.78, 5) is 87.8. The van der Waals surface area contributed by atoms with Gasteiger partial charge in [-0.1, -0.05) is 95.0 Å². The van der Waals surface area contributed by atoms with Crippen LogP contribution < -0.4 is 9.47 Å². The minimum Gasteiger partial charge on any atom is -0.492 e. The fraction of sp³-hybridized carbons (Fsp3) is 0.400. The Kier molecular flexibility index (Phi) is 24.1. The first kappa shape index (κ1) is 57.0. The number of methoxy groups -OCH3 is 2. The minimum atomic E-state index is -1.63. The van der Waals surface area contributed by atoms with Gasteiger partial charge in [0.2, 0.25) is 0 Å². The van der Waals surface area contributed by atoms with Crippen molar-refractivity contribution in [2.24, 2.45) is 5.41 Å². The van der Waals surface area contributed by atoms with Gasteiger partial charge in [-0.15, -0.1) is 0 Å². The van der Waals surface area contributed by atoms with E-state index in [1.54, 1.807) is 24.3 Å². The van der Waals surface area contributed by atoms with E-state index in [9.17, 15) is 33.6 Å². The topological polar surface area (TPSA) is 193 Å². The zero-order chi connectivity index (χ0) is 51.6. The number of ether oxygens (including phenoxy) is 8. The predicted octanol–water partition coefficient (Wildman–Crippen LogP) is 8.88. The van der Waals surface area contributed by atoms with Gasteiger partial charge in [-0.2, -0.15) is 0 Å². The van der Waals surface area contributed by atoms with E-state index in [-0.39, 0.29) is 41.3 Å². The zero-order valence-electron chi connectivity index (χ0n) is 41.1. The number of rotatable bonds is 31. The molecule has 3 aromatic carbocycles. The van der Waals surface area contributed by atoms with Crippen LogP contribution in [0.3, 0.4) is 0 Å². The second-order valence-electron chi connectivity index (χ2n) is 17.0. The molecule has 0 heterocycles. The first-order valence-electron chi connectivity index (χ1n) is 23.0. The number of carbonyl (C=O) groups excluding carboxylic acids is 7. The number of aryl methyl sites for hydroxylation is 3. The molecule has 0 atom stereocenters. The van der Waals surface area contributed by atoms with E-state index >= 15 is 0 Å². The van der Waals surface area contributed by atoms with Gasteiger partial charge in [0.25, 0.3) is 0 Å². The van der Waals surface area contributed by atoms with Crippen molar-refractivity contribution in [1.82, 2.24) is 0 Å². The van der Waals surface area contributed by atoms with E-state index in [2.05, 4.69) is 67.0 Å². The van der Waals surface area contributed by atoms with Gasteiger partial charge in [-0.05, 0) is 98.0 Å². The average molecular weight is 967 g/mol. The van der Waals surface area contributed by atoms with Gasteiger partial charge >= 0.3 is 41.8 Å². The highest BCUT2D eigenvalue weighted by molar-refractivity contribution is 5.94. The standard InChI is InChI=1S/C55H66O15/c1-10-11-12-13-15-41-17-19-42(20-18-41)21-28-48(56)70-46-25-22-43(23-26-46)44-24-27-47(45(32-44)16-14-29-65-51(59)37(2)3)66-33-55(34-67-52(60)38(4)5,35-68-53(61)39(6)30-49(57)63-8)36-69-54(62)40(7)31-50(58)64-9/h17-20,22-27,32H,2,4,6-7,10-16,21,28-31,33-36H2,1,3,5,8-9H3. The summed E-state index contributed by atoms with van der Waals surface area (Å²) in [5.74, 6) is -4.50. The Morgan fingerprint density at radius 1 is 0.529 bits per heavy atom. The molecular weight excluding hydrogens is 901 g/mol. The van der Waals surface area contributed by atoms with Crippen molar-refractivity contribution >= 4 is 41.8 Å². The molecule has 0 aliphatic rings. The molecule has 0 aliphatic heterocycles. The van der Waals surface area contributed by atoms with Crippen LogP contribution in [-0.4, -0.2) is 89.0 Å². The fourth-order valence-electron chi connectivity index (χ4n) is 6.52. The van der Waals surface area contributed by atoms with Crippen LogP contribution in [0.5, 0.6) is 11.5 Å².